The van der Waals surface area contributed by atoms with E-state index in [4.69, 9.17) is 0 Å². The largest absolute Gasteiger partial charge is 0.345 e. The summed E-state index contributed by atoms with van der Waals surface area (Å²) in [5.74, 6) is -0.126. The van der Waals surface area contributed by atoms with E-state index in [0.717, 1.165) is 11.8 Å². The van der Waals surface area contributed by atoms with Gasteiger partial charge in [-0.1, -0.05) is 12.1 Å². The van der Waals surface area contributed by atoms with E-state index in [9.17, 15) is 21.6 Å². The summed E-state index contributed by atoms with van der Waals surface area (Å²) >= 11 is 0. The molecule has 0 aromatic heterocycles. The minimum absolute atomic E-state index is 0.0984. The van der Waals surface area contributed by atoms with Gasteiger partial charge in [0.05, 0.1) is 22.3 Å². The number of amides is 1. The first-order valence-corrected chi connectivity index (χ1v) is 11.7. The van der Waals surface area contributed by atoms with Crippen LogP contribution in [0.25, 0.3) is 0 Å². The van der Waals surface area contributed by atoms with Crippen LogP contribution in [0.2, 0.25) is 0 Å². The molecule has 0 radical (unpaired) electrons. The molecule has 1 amide bonds. The number of amidine groups is 1. The molecule has 2 aliphatic heterocycles. The predicted molar refractivity (Wildman–Crippen MR) is 101 cm³/mol. The van der Waals surface area contributed by atoms with E-state index >= 15 is 0 Å². The number of nitrogens with one attached hydrogen (secondary N) is 1. The normalized spacial score (nSPS) is 19.6. The average molecular weight is 409 g/mol. The molecule has 27 heavy (non-hydrogen) atoms. The van der Waals surface area contributed by atoms with Crippen molar-refractivity contribution in [2.24, 2.45) is 4.40 Å². The fourth-order valence-corrected chi connectivity index (χ4v) is 4.30. The van der Waals surface area contributed by atoms with Gasteiger partial charge in [0.2, 0.25) is 0 Å². The summed E-state index contributed by atoms with van der Waals surface area (Å²) in [4.78, 5) is 14.3. The number of hydrogen-bond donors (Lipinski definition) is 1. The van der Waals surface area contributed by atoms with E-state index in [1.54, 1.807) is 30.2 Å². The second kappa shape index (κ2) is 6.93. The summed E-state index contributed by atoms with van der Waals surface area (Å²) < 4.78 is 49.8. The molecule has 0 fully saturated rings. The Hall–Kier alpha value is -2.46. The van der Waals surface area contributed by atoms with Crippen molar-refractivity contribution in [3.63, 3.8) is 0 Å². The number of benzene rings is 1. The molecule has 0 aliphatic carbocycles. The molecule has 2 heterocycles. The zero-order valence-corrected chi connectivity index (χ0v) is 16.4. The lowest BCUT2D eigenvalue weighted by atomic mass is 10.1. The molecule has 144 valence electrons. The molecule has 1 atom stereocenters. The zero-order chi connectivity index (χ0) is 19.8. The molecule has 8 nitrogen and oxygen atoms in total. The Morgan fingerprint density at radius 2 is 1.89 bits per heavy atom. The Kier molecular flexibility index (Phi) is 4.96. The Morgan fingerprint density at radius 1 is 1.22 bits per heavy atom. The molecule has 1 N–H and O–H groups in total. The van der Waals surface area contributed by atoms with Gasteiger partial charge in [0.1, 0.15) is 5.84 Å². The zero-order valence-electron chi connectivity index (χ0n) is 14.8. The topological polar surface area (TPSA) is 113 Å². The molecule has 0 bridgehead atoms. The first-order chi connectivity index (χ1) is 12.5. The van der Waals surface area contributed by atoms with Crippen LogP contribution in [0, 0.1) is 0 Å². The molecule has 0 spiro atoms. The van der Waals surface area contributed by atoms with Crippen LogP contribution in [0.4, 0.5) is 0 Å². The van der Waals surface area contributed by atoms with Crippen LogP contribution >= 0.6 is 0 Å². The highest BCUT2D eigenvalue weighted by atomic mass is 32.2. The van der Waals surface area contributed by atoms with E-state index in [1.165, 1.54) is 24.3 Å². The quantitative estimate of drug-likeness (QED) is 0.786. The van der Waals surface area contributed by atoms with Crippen LogP contribution in [0.1, 0.15) is 18.5 Å². The van der Waals surface area contributed by atoms with Crippen LogP contribution in [-0.2, 0) is 24.7 Å². The minimum Gasteiger partial charge on any atom is -0.345 e. The van der Waals surface area contributed by atoms with Gasteiger partial charge in [-0.15, -0.1) is 4.40 Å². The van der Waals surface area contributed by atoms with Gasteiger partial charge in [-0.2, -0.15) is 0 Å². The molecular formula is C17H19N3O5S2. The first-order valence-electron chi connectivity index (χ1n) is 8.15. The number of sulfonamides is 1. The Morgan fingerprint density at radius 3 is 2.52 bits per heavy atom. The van der Waals surface area contributed by atoms with Crippen LogP contribution < -0.4 is 5.32 Å². The van der Waals surface area contributed by atoms with Gasteiger partial charge in [-0.05, 0) is 36.8 Å². The number of carbonyl (C=O) groups excluding carboxylic acids is 1. The number of fused-ring (bicyclic) bond motifs is 1. The maximum absolute atomic E-state index is 12.5. The lowest BCUT2D eigenvalue weighted by Crippen LogP contribution is -2.38. The van der Waals surface area contributed by atoms with E-state index < -0.39 is 19.9 Å². The third kappa shape index (κ3) is 4.45. The smallest absolute Gasteiger partial charge is 0.256 e. The first kappa shape index (κ1) is 19.3. The minimum atomic E-state index is -3.44. The van der Waals surface area contributed by atoms with Crippen molar-refractivity contribution in [2.45, 2.75) is 17.9 Å². The van der Waals surface area contributed by atoms with Crippen LogP contribution in [-0.4, -0.2) is 52.0 Å². The molecule has 3 rings (SSSR count). The van der Waals surface area contributed by atoms with Crippen molar-refractivity contribution in [1.82, 2.24) is 10.2 Å². The summed E-state index contributed by atoms with van der Waals surface area (Å²) in [5, 5.41) is 2.84. The van der Waals surface area contributed by atoms with E-state index in [1.807, 2.05) is 0 Å². The van der Waals surface area contributed by atoms with Crippen LogP contribution in [0.15, 0.2) is 57.5 Å². The average Bonchev–Trinajstić information content (AvgIpc) is 2.59. The van der Waals surface area contributed by atoms with Gasteiger partial charge < -0.3 is 10.2 Å². The highest BCUT2D eigenvalue weighted by Crippen LogP contribution is 2.19. The van der Waals surface area contributed by atoms with Crippen molar-refractivity contribution in [1.29, 1.82) is 0 Å². The molecular weight excluding hydrogens is 390 g/mol. The SMILES string of the molecule is CC(NC(=O)C1=CN2CCS(=O)(=O)N=C2C=C1)c1ccc(S(C)(=O)=O)cc1. The number of sulfone groups is 1. The molecule has 10 heteroatoms. The second-order valence-electron chi connectivity index (χ2n) is 6.38. The third-order valence-electron chi connectivity index (χ3n) is 4.24. The fraction of sp³-hybridized carbons (Fsp3) is 0.294. The van der Waals surface area contributed by atoms with Crippen molar-refractivity contribution >= 4 is 31.6 Å². The van der Waals surface area contributed by atoms with E-state index in [-0.39, 0.29) is 29.1 Å². The lowest BCUT2D eigenvalue weighted by Gasteiger charge is -2.27. The van der Waals surface area contributed by atoms with Crippen molar-refractivity contribution in [3.05, 3.63) is 53.8 Å². The maximum atomic E-state index is 12.5. The Bertz CT molecular complexity index is 1070. The van der Waals surface area contributed by atoms with Crippen molar-refractivity contribution < 1.29 is 21.6 Å². The molecule has 2 aliphatic rings. The third-order valence-corrected chi connectivity index (χ3v) is 6.53. The van der Waals surface area contributed by atoms with Gasteiger partial charge in [0.15, 0.2) is 9.84 Å². The lowest BCUT2D eigenvalue weighted by molar-refractivity contribution is -0.117. The highest BCUT2D eigenvalue weighted by molar-refractivity contribution is 7.90. The highest BCUT2D eigenvalue weighted by Gasteiger charge is 2.25. The molecule has 1 unspecified atom stereocenters. The van der Waals surface area contributed by atoms with Gasteiger partial charge in [0.25, 0.3) is 15.9 Å². The Labute approximate surface area is 158 Å². The summed E-state index contributed by atoms with van der Waals surface area (Å²) in [6, 6.07) is 5.99. The van der Waals surface area contributed by atoms with Crippen molar-refractivity contribution in [2.75, 3.05) is 18.6 Å². The molecule has 0 saturated carbocycles. The summed E-state index contributed by atoms with van der Waals surface area (Å²) in [7, 11) is -6.71. The summed E-state index contributed by atoms with van der Waals surface area (Å²) in [5.41, 5.74) is 1.15. The standard InChI is InChI=1S/C17H19N3O5S2/c1-12(13-3-6-15(7-4-13)26(2,22)23)18-17(21)14-5-8-16-19-27(24,25)10-9-20(16)11-14/h3-8,11-12H,9-10H2,1-2H3,(H,18,21). The Balaban J connectivity index is 1.71. The maximum Gasteiger partial charge on any atom is 0.256 e. The van der Waals surface area contributed by atoms with Crippen LogP contribution in [0.5, 0.6) is 0 Å². The van der Waals surface area contributed by atoms with E-state index in [0.29, 0.717) is 11.4 Å². The second-order valence-corrected chi connectivity index (χ2v) is 10.2. The van der Waals surface area contributed by atoms with Gasteiger partial charge in [-0.3, -0.25) is 4.79 Å². The van der Waals surface area contributed by atoms with Gasteiger partial charge >= 0.3 is 0 Å². The van der Waals surface area contributed by atoms with Gasteiger partial charge in [-0.25, -0.2) is 16.8 Å². The monoisotopic (exact) mass is 409 g/mol. The predicted octanol–water partition coefficient (Wildman–Crippen LogP) is 0.765. The number of hydrogen-bond acceptors (Lipinski definition) is 6. The number of carbonyl (C=O) groups is 1. The van der Waals surface area contributed by atoms with Crippen LogP contribution in [0.3, 0.4) is 0 Å². The summed E-state index contributed by atoms with van der Waals surface area (Å²) in [6.45, 7) is 2.03. The fourth-order valence-electron chi connectivity index (χ4n) is 2.70. The van der Waals surface area contributed by atoms with E-state index in [2.05, 4.69) is 9.71 Å². The molecule has 1 aromatic carbocycles. The molecule has 1 aromatic rings. The number of rotatable bonds is 4. The molecule has 0 saturated heterocycles. The van der Waals surface area contributed by atoms with Gasteiger partial charge in [0, 0.05) is 19.0 Å². The van der Waals surface area contributed by atoms with Crippen molar-refractivity contribution in [3.8, 4) is 0 Å². The number of nitrogens with zero attached hydrogens (tertiary/aromatic N) is 2. The summed E-state index contributed by atoms with van der Waals surface area (Å²) in [6.07, 6.45) is 5.73.